The summed E-state index contributed by atoms with van der Waals surface area (Å²) in [7, 11) is 0. The van der Waals surface area contributed by atoms with Crippen molar-refractivity contribution < 1.29 is 24.1 Å². The average Bonchev–Trinajstić information content (AvgIpc) is 2.71. The molecule has 0 bridgehead atoms. The predicted octanol–water partition coefficient (Wildman–Crippen LogP) is 3.01. The van der Waals surface area contributed by atoms with Crippen LogP contribution in [0.3, 0.4) is 0 Å². The zero-order valence-electron chi connectivity index (χ0n) is 15.6. The second-order valence-corrected chi connectivity index (χ2v) is 6.89. The monoisotopic (exact) mass is 348 g/mol. The van der Waals surface area contributed by atoms with Crippen LogP contribution in [0.15, 0.2) is 42.0 Å². The van der Waals surface area contributed by atoms with E-state index >= 15 is 0 Å². The first-order valence-electron chi connectivity index (χ1n) is 8.63. The van der Waals surface area contributed by atoms with Crippen LogP contribution in [0.2, 0.25) is 0 Å². The van der Waals surface area contributed by atoms with Gasteiger partial charge in [0.1, 0.15) is 17.3 Å². The van der Waals surface area contributed by atoms with E-state index in [0.717, 1.165) is 5.56 Å². The summed E-state index contributed by atoms with van der Waals surface area (Å²) in [5, 5.41) is 10.9. The molecule has 5 heteroatoms. The molecule has 0 amide bonds. The molecule has 0 unspecified atom stereocenters. The molecule has 1 aromatic carbocycles. The van der Waals surface area contributed by atoms with Crippen LogP contribution in [0, 0.1) is 0 Å². The van der Waals surface area contributed by atoms with E-state index < -0.39 is 29.4 Å². The van der Waals surface area contributed by atoms with Gasteiger partial charge in [0.05, 0.1) is 19.3 Å². The largest absolute Gasteiger partial charge is 0.463 e. The number of carbonyl (C=O) groups is 1. The van der Waals surface area contributed by atoms with Crippen LogP contribution in [0.1, 0.15) is 40.2 Å². The summed E-state index contributed by atoms with van der Waals surface area (Å²) >= 11 is 0. The zero-order valence-corrected chi connectivity index (χ0v) is 15.6. The molecule has 1 saturated heterocycles. The van der Waals surface area contributed by atoms with Gasteiger partial charge >= 0.3 is 5.97 Å². The van der Waals surface area contributed by atoms with Gasteiger partial charge in [-0.3, -0.25) is 0 Å². The molecule has 25 heavy (non-hydrogen) atoms. The van der Waals surface area contributed by atoms with E-state index in [2.05, 4.69) is 0 Å². The number of esters is 1. The highest BCUT2D eigenvalue weighted by Gasteiger charge is 2.57. The predicted molar refractivity (Wildman–Crippen MR) is 95.0 cm³/mol. The van der Waals surface area contributed by atoms with Crippen molar-refractivity contribution in [3.05, 3.63) is 47.5 Å². The van der Waals surface area contributed by atoms with Gasteiger partial charge in [-0.25, -0.2) is 4.79 Å². The number of carbonyl (C=O) groups excluding carboxylic acids is 1. The highest BCUT2D eigenvalue weighted by Crippen LogP contribution is 2.42. The normalized spacial score (nSPS) is 32.6. The van der Waals surface area contributed by atoms with Crippen molar-refractivity contribution in [3.63, 3.8) is 0 Å². The van der Waals surface area contributed by atoms with Crippen LogP contribution in [0.25, 0.3) is 0 Å². The summed E-state index contributed by atoms with van der Waals surface area (Å²) in [4.78, 5) is 12.0. The van der Waals surface area contributed by atoms with Crippen LogP contribution in [-0.4, -0.2) is 41.1 Å². The summed E-state index contributed by atoms with van der Waals surface area (Å²) in [6.45, 7) is 9.42. The lowest BCUT2D eigenvalue weighted by Crippen LogP contribution is -2.49. The molecule has 0 spiro atoms. The maximum absolute atomic E-state index is 12.0. The number of aliphatic hydroxyl groups is 1. The molecule has 1 N–H and O–H groups in total. The number of hydrogen-bond acceptors (Lipinski definition) is 5. The Morgan fingerprint density at radius 1 is 1.32 bits per heavy atom. The Kier molecular flexibility index (Phi) is 6.03. The molecule has 5 nitrogen and oxygen atoms in total. The van der Waals surface area contributed by atoms with Gasteiger partial charge in [-0.05, 0) is 46.3 Å². The van der Waals surface area contributed by atoms with E-state index in [1.54, 1.807) is 33.8 Å². The second-order valence-electron chi connectivity index (χ2n) is 6.89. The Morgan fingerprint density at radius 3 is 2.56 bits per heavy atom. The van der Waals surface area contributed by atoms with Gasteiger partial charge < -0.3 is 19.3 Å². The van der Waals surface area contributed by atoms with E-state index in [-0.39, 0.29) is 0 Å². The lowest BCUT2D eigenvalue weighted by Gasteiger charge is -2.33. The van der Waals surface area contributed by atoms with E-state index in [4.69, 9.17) is 14.2 Å². The van der Waals surface area contributed by atoms with Crippen LogP contribution < -0.4 is 0 Å². The first-order chi connectivity index (χ1) is 11.7. The SMILES string of the molecule is CCOC(=O)/C(C)=C/[C@@]1(C)O[C@H](C)[C@@](C)(O)[C@@H]1OCc1ccccc1. The highest BCUT2D eigenvalue weighted by atomic mass is 16.6. The van der Waals surface area contributed by atoms with Gasteiger partial charge in [0.25, 0.3) is 0 Å². The van der Waals surface area contributed by atoms with Crippen molar-refractivity contribution >= 4 is 5.97 Å². The quantitative estimate of drug-likeness (QED) is 0.632. The van der Waals surface area contributed by atoms with Crippen molar-refractivity contribution in [1.82, 2.24) is 0 Å². The molecule has 2 rings (SSSR count). The van der Waals surface area contributed by atoms with E-state index in [9.17, 15) is 9.90 Å². The molecule has 1 fully saturated rings. The molecule has 0 radical (unpaired) electrons. The Balaban J connectivity index is 2.24. The summed E-state index contributed by atoms with van der Waals surface area (Å²) in [6.07, 6.45) is 0.627. The molecular formula is C20H28O5. The molecule has 0 aromatic heterocycles. The zero-order chi connectivity index (χ0) is 18.7. The third kappa shape index (κ3) is 4.29. The molecule has 1 heterocycles. The number of benzene rings is 1. The van der Waals surface area contributed by atoms with Gasteiger partial charge in [0.15, 0.2) is 0 Å². The van der Waals surface area contributed by atoms with Crippen molar-refractivity contribution in [2.24, 2.45) is 0 Å². The molecule has 0 saturated carbocycles. The van der Waals surface area contributed by atoms with Crippen molar-refractivity contribution in [1.29, 1.82) is 0 Å². The lowest BCUT2D eigenvalue weighted by atomic mass is 9.85. The van der Waals surface area contributed by atoms with E-state index in [1.807, 2.05) is 37.3 Å². The summed E-state index contributed by atoms with van der Waals surface area (Å²) in [5.41, 5.74) is -0.683. The number of hydrogen-bond donors (Lipinski definition) is 1. The first-order valence-corrected chi connectivity index (χ1v) is 8.63. The van der Waals surface area contributed by atoms with Crippen LogP contribution in [0.5, 0.6) is 0 Å². The summed E-state index contributed by atoms with van der Waals surface area (Å²) < 4.78 is 17.1. The maximum atomic E-state index is 12.0. The fraction of sp³-hybridized carbons (Fsp3) is 0.550. The Bertz CT molecular complexity index is 622. The fourth-order valence-corrected chi connectivity index (χ4v) is 3.29. The summed E-state index contributed by atoms with van der Waals surface area (Å²) in [6, 6.07) is 9.75. The smallest absolute Gasteiger partial charge is 0.333 e. The molecule has 1 aliphatic heterocycles. The number of rotatable bonds is 6. The Morgan fingerprint density at radius 2 is 1.96 bits per heavy atom. The van der Waals surface area contributed by atoms with Crippen molar-refractivity contribution in [3.8, 4) is 0 Å². The van der Waals surface area contributed by atoms with Crippen LogP contribution in [-0.2, 0) is 25.6 Å². The minimum Gasteiger partial charge on any atom is -0.463 e. The first kappa shape index (κ1) is 19.6. The topological polar surface area (TPSA) is 65.0 Å². The van der Waals surface area contributed by atoms with Crippen LogP contribution >= 0.6 is 0 Å². The van der Waals surface area contributed by atoms with Gasteiger partial charge in [-0.15, -0.1) is 0 Å². The Hall–Kier alpha value is -1.69. The molecule has 138 valence electrons. The second kappa shape index (κ2) is 7.68. The third-order valence-corrected chi connectivity index (χ3v) is 4.67. The van der Waals surface area contributed by atoms with Crippen molar-refractivity contribution in [2.75, 3.05) is 6.61 Å². The lowest BCUT2D eigenvalue weighted by molar-refractivity contribution is -0.138. The third-order valence-electron chi connectivity index (χ3n) is 4.67. The molecular weight excluding hydrogens is 320 g/mol. The number of ether oxygens (including phenoxy) is 3. The molecule has 4 atom stereocenters. The minimum absolute atomic E-state index is 0.309. The van der Waals surface area contributed by atoms with Gasteiger partial charge in [0, 0.05) is 5.57 Å². The van der Waals surface area contributed by atoms with Gasteiger partial charge in [-0.2, -0.15) is 0 Å². The van der Waals surface area contributed by atoms with Gasteiger partial charge in [0.2, 0.25) is 0 Å². The maximum Gasteiger partial charge on any atom is 0.333 e. The van der Waals surface area contributed by atoms with E-state index in [0.29, 0.717) is 18.8 Å². The molecule has 1 aliphatic rings. The standard InChI is InChI=1S/C20H28O5/c1-6-23-17(21)14(2)12-19(4)18(20(5,22)15(3)25-19)24-13-16-10-8-7-9-11-16/h7-12,15,18,22H,6,13H2,1-5H3/b14-12+/t15-,18-,19-,20-/m1/s1. The Labute approximate surface area is 149 Å². The fourth-order valence-electron chi connectivity index (χ4n) is 3.29. The highest BCUT2D eigenvalue weighted by molar-refractivity contribution is 5.88. The van der Waals surface area contributed by atoms with Gasteiger partial charge in [-0.1, -0.05) is 30.3 Å². The van der Waals surface area contributed by atoms with Crippen molar-refractivity contribution in [2.45, 2.75) is 64.6 Å². The molecule has 0 aliphatic carbocycles. The van der Waals surface area contributed by atoms with Crippen LogP contribution in [0.4, 0.5) is 0 Å². The van der Waals surface area contributed by atoms with E-state index in [1.165, 1.54) is 0 Å². The molecule has 1 aromatic rings. The average molecular weight is 348 g/mol. The minimum atomic E-state index is -1.19. The summed E-state index contributed by atoms with van der Waals surface area (Å²) in [5.74, 6) is -0.395.